The SMILES string of the molecule is O=C(NCC1(O)CCCC1)c1ccc(Cl)c(N2CCCCS2(=O)=O)c1. The van der Waals surface area contributed by atoms with E-state index in [-0.39, 0.29) is 18.2 Å². The number of carbonyl (C=O) groups excluding carboxylic acids is 1. The molecule has 1 aromatic carbocycles. The fourth-order valence-electron chi connectivity index (χ4n) is 3.46. The molecule has 0 radical (unpaired) electrons. The zero-order valence-corrected chi connectivity index (χ0v) is 15.6. The fourth-order valence-corrected chi connectivity index (χ4v) is 5.38. The molecule has 2 fully saturated rings. The predicted octanol–water partition coefficient (Wildman–Crippen LogP) is 2.30. The Morgan fingerprint density at radius 3 is 2.64 bits per heavy atom. The van der Waals surface area contributed by atoms with Gasteiger partial charge in [0.2, 0.25) is 10.0 Å². The van der Waals surface area contributed by atoms with Crippen LogP contribution in [0, 0.1) is 0 Å². The second kappa shape index (κ2) is 7.13. The van der Waals surface area contributed by atoms with Gasteiger partial charge in [-0.05, 0) is 43.9 Å². The first-order valence-corrected chi connectivity index (χ1v) is 10.6. The lowest BCUT2D eigenvalue weighted by molar-refractivity contribution is 0.0449. The van der Waals surface area contributed by atoms with E-state index in [1.807, 2.05) is 0 Å². The highest BCUT2D eigenvalue weighted by molar-refractivity contribution is 7.92. The number of rotatable bonds is 4. The predicted molar refractivity (Wildman–Crippen MR) is 97.6 cm³/mol. The van der Waals surface area contributed by atoms with Crippen molar-refractivity contribution >= 4 is 33.2 Å². The summed E-state index contributed by atoms with van der Waals surface area (Å²) < 4.78 is 25.9. The maximum Gasteiger partial charge on any atom is 0.251 e. The monoisotopic (exact) mass is 386 g/mol. The Balaban J connectivity index is 1.77. The summed E-state index contributed by atoms with van der Waals surface area (Å²) in [6, 6.07) is 4.62. The van der Waals surface area contributed by atoms with Gasteiger partial charge in [0.15, 0.2) is 0 Å². The first kappa shape index (κ1) is 18.5. The standard InChI is InChI=1S/C17H23ClN2O4S/c18-14-6-5-13(16(21)19-12-17(22)7-1-2-8-17)11-15(14)20-9-3-4-10-25(20,23)24/h5-6,11,22H,1-4,7-10,12H2,(H,19,21). The Kier molecular flexibility index (Phi) is 5.27. The summed E-state index contributed by atoms with van der Waals surface area (Å²) >= 11 is 6.19. The topological polar surface area (TPSA) is 86.7 Å². The average Bonchev–Trinajstić information content (AvgIpc) is 3.00. The minimum Gasteiger partial charge on any atom is -0.388 e. The molecule has 0 spiro atoms. The van der Waals surface area contributed by atoms with Gasteiger partial charge in [0.25, 0.3) is 5.91 Å². The summed E-state index contributed by atoms with van der Waals surface area (Å²) in [5.74, 6) is -0.250. The van der Waals surface area contributed by atoms with Gasteiger partial charge in [-0.25, -0.2) is 8.42 Å². The lowest BCUT2D eigenvalue weighted by Crippen LogP contribution is -2.41. The van der Waals surface area contributed by atoms with E-state index in [0.29, 0.717) is 42.1 Å². The summed E-state index contributed by atoms with van der Waals surface area (Å²) in [4.78, 5) is 12.4. The van der Waals surface area contributed by atoms with Crippen molar-refractivity contribution in [1.29, 1.82) is 0 Å². The highest BCUT2D eigenvalue weighted by Gasteiger charge is 2.32. The van der Waals surface area contributed by atoms with Crippen molar-refractivity contribution in [2.45, 2.75) is 44.1 Å². The van der Waals surface area contributed by atoms with Crippen molar-refractivity contribution in [3.63, 3.8) is 0 Å². The van der Waals surface area contributed by atoms with Crippen LogP contribution in [0.5, 0.6) is 0 Å². The Labute approximate surface area is 153 Å². The van der Waals surface area contributed by atoms with Gasteiger partial charge in [-0.1, -0.05) is 24.4 Å². The van der Waals surface area contributed by atoms with Crippen molar-refractivity contribution in [2.75, 3.05) is 23.1 Å². The minimum atomic E-state index is -3.40. The molecule has 1 aromatic rings. The normalized spacial score (nSPS) is 21.9. The van der Waals surface area contributed by atoms with Crippen molar-refractivity contribution in [3.05, 3.63) is 28.8 Å². The fraction of sp³-hybridized carbons (Fsp3) is 0.588. The molecule has 1 aliphatic carbocycles. The molecule has 2 N–H and O–H groups in total. The highest BCUT2D eigenvalue weighted by Crippen LogP contribution is 2.32. The van der Waals surface area contributed by atoms with Gasteiger partial charge in [-0.15, -0.1) is 0 Å². The first-order valence-electron chi connectivity index (χ1n) is 8.61. The van der Waals surface area contributed by atoms with Gasteiger partial charge >= 0.3 is 0 Å². The van der Waals surface area contributed by atoms with Crippen LogP contribution in [-0.4, -0.2) is 43.9 Å². The molecule has 3 rings (SSSR count). The quantitative estimate of drug-likeness (QED) is 0.831. The number of nitrogens with zero attached hydrogens (tertiary/aromatic N) is 1. The maximum absolute atomic E-state index is 12.4. The number of anilines is 1. The number of halogens is 1. The van der Waals surface area contributed by atoms with Gasteiger partial charge in [0.1, 0.15) is 0 Å². The van der Waals surface area contributed by atoms with Gasteiger partial charge in [-0.3, -0.25) is 9.10 Å². The number of amides is 1. The number of aliphatic hydroxyl groups is 1. The molecule has 2 aliphatic rings. The molecular weight excluding hydrogens is 364 g/mol. The summed E-state index contributed by atoms with van der Waals surface area (Å²) in [6.07, 6.45) is 4.69. The molecule has 1 saturated carbocycles. The Morgan fingerprint density at radius 2 is 1.96 bits per heavy atom. The average molecular weight is 387 g/mol. The van der Waals surface area contributed by atoms with Gasteiger partial charge in [0.05, 0.1) is 22.1 Å². The molecule has 1 aliphatic heterocycles. The Morgan fingerprint density at radius 1 is 1.24 bits per heavy atom. The third kappa shape index (κ3) is 4.10. The van der Waals surface area contributed by atoms with Crippen LogP contribution in [0.25, 0.3) is 0 Å². The van der Waals surface area contributed by atoms with Crippen molar-refractivity contribution in [1.82, 2.24) is 5.32 Å². The van der Waals surface area contributed by atoms with E-state index in [4.69, 9.17) is 11.6 Å². The second-order valence-electron chi connectivity index (χ2n) is 6.88. The second-order valence-corrected chi connectivity index (χ2v) is 9.30. The van der Waals surface area contributed by atoms with Crippen molar-refractivity contribution in [3.8, 4) is 0 Å². The number of hydrogen-bond donors (Lipinski definition) is 2. The van der Waals surface area contributed by atoms with E-state index in [9.17, 15) is 18.3 Å². The maximum atomic E-state index is 12.4. The Bertz CT molecular complexity index is 760. The molecule has 0 atom stereocenters. The van der Waals surface area contributed by atoms with Crippen LogP contribution in [0.15, 0.2) is 18.2 Å². The summed E-state index contributed by atoms with van der Waals surface area (Å²) in [5, 5.41) is 13.4. The Hall–Kier alpha value is -1.31. The summed E-state index contributed by atoms with van der Waals surface area (Å²) in [7, 11) is -3.40. The van der Waals surface area contributed by atoms with E-state index in [2.05, 4.69) is 5.32 Å². The van der Waals surface area contributed by atoms with E-state index in [1.165, 1.54) is 10.4 Å². The molecule has 8 heteroatoms. The van der Waals surface area contributed by atoms with Crippen LogP contribution in [0.1, 0.15) is 48.9 Å². The van der Waals surface area contributed by atoms with E-state index < -0.39 is 15.6 Å². The summed E-state index contributed by atoms with van der Waals surface area (Å²) in [5.41, 5.74) is -0.156. The zero-order valence-electron chi connectivity index (χ0n) is 14.0. The third-order valence-corrected chi connectivity index (χ3v) is 7.11. The van der Waals surface area contributed by atoms with Crippen LogP contribution < -0.4 is 9.62 Å². The molecule has 0 unspecified atom stereocenters. The number of hydrogen-bond acceptors (Lipinski definition) is 4. The van der Waals surface area contributed by atoms with Crippen LogP contribution in [-0.2, 0) is 10.0 Å². The lowest BCUT2D eigenvalue weighted by atomic mass is 10.0. The highest BCUT2D eigenvalue weighted by atomic mass is 35.5. The molecule has 6 nitrogen and oxygen atoms in total. The van der Waals surface area contributed by atoms with Crippen LogP contribution in [0.2, 0.25) is 5.02 Å². The largest absolute Gasteiger partial charge is 0.388 e. The molecule has 1 saturated heterocycles. The summed E-state index contributed by atoms with van der Waals surface area (Å²) in [6.45, 7) is 0.568. The van der Waals surface area contributed by atoms with Crippen molar-refractivity contribution in [2.24, 2.45) is 0 Å². The van der Waals surface area contributed by atoms with Crippen LogP contribution in [0.4, 0.5) is 5.69 Å². The number of carbonyl (C=O) groups is 1. The van der Waals surface area contributed by atoms with E-state index in [1.54, 1.807) is 12.1 Å². The first-order chi connectivity index (χ1) is 11.8. The van der Waals surface area contributed by atoms with Crippen LogP contribution >= 0.6 is 11.6 Å². The smallest absolute Gasteiger partial charge is 0.251 e. The van der Waals surface area contributed by atoms with E-state index >= 15 is 0 Å². The molecule has 25 heavy (non-hydrogen) atoms. The van der Waals surface area contributed by atoms with Crippen LogP contribution in [0.3, 0.4) is 0 Å². The third-order valence-electron chi connectivity index (χ3n) is 4.94. The van der Waals surface area contributed by atoms with Crippen molar-refractivity contribution < 1.29 is 18.3 Å². The minimum absolute atomic E-state index is 0.0901. The lowest BCUT2D eigenvalue weighted by Gasteiger charge is -2.29. The molecule has 0 aromatic heterocycles. The number of benzene rings is 1. The molecule has 138 valence electrons. The number of nitrogens with one attached hydrogen (secondary N) is 1. The molecule has 0 bridgehead atoms. The molecular formula is C17H23ClN2O4S. The zero-order chi connectivity index (χ0) is 18.1. The number of sulfonamides is 1. The van der Waals surface area contributed by atoms with Gasteiger partial charge < -0.3 is 10.4 Å². The van der Waals surface area contributed by atoms with E-state index in [0.717, 1.165) is 19.3 Å². The molecule has 1 heterocycles. The van der Waals surface area contributed by atoms with Gasteiger partial charge in [0, 0.05) is 18.7 Å². The van der Waals surface area contributed by atoms with Gasteiger partial charge in [-0.2, -0.15) is 0 Å². The molecule has 1 amide bonds.